The van der Waals surface area contributed by atoms with Gasteiger partial charge in [-0.15, -0.1) is 0 Å². The molecular weight excluding hydrogens is 278 g/mol. The molecule has 3 aliphatic rings. The summed E-state index contributed by atoms with van der Waals surface area (Å²) >= 11 is 0. The van der Waals surface area contributed by atoms with Crippen LogP contribution in [0.5, 0.6) is 11.5 Å². The summed E-state index contributed by atoms with van der Waals surface area (Å²) in [5, 5.41) is 10.7. The normalized spacial score (nSPS) is 29.6. The standard InChI is InChI=1S/C18H19NO3/c1-19-8-7-18-6-5-11(20)9-13(18)16-12(14(19)10-18)3-4-15(22-2)17(16)21/h3-6,9,14,21H,7-8,10H2,1-2H3/t14-,18+/m0/s1. The third kappa shape index (κ3) is 1.64. The van der Waals surface area contributed by atoms with Crippen molar-refractivity contribution in [2.75, 3.05) is 20.7 Å². The summed E-state index contributed by atoms with van der Waals surface area (Å²) in [6.45, 7) is 0.979. The molecule has 0 amide bonds. The smallest absolute Gasteiger partial charge is 0.178 e. The van der Waals surface area contributed by atoms with Gasteiger partial charge in [0.25, 0.3) is 0 Å². The van der Waals surface area contributed by atoms with E-state index in [9.17, 15) is 9.90 Å². The quantitative estimate of drug-likeness (QED) is 0.866. The van der Waals surface area contributed by atoms with Crippen LogP contribution >= 0.6 is 0 Å². The summed E-state index contributed by atoms with van der Waals surface area (Å²) in [6, 6.07) is 4.09. The molecule has 0 aromatic heterocycles. The van der Waals surface area contributed by atoms with Crippen molar-refractivity contribution < 1.29 is 14.6 Å². The number of nitrogens with zero attached hydrogens (tertiary/aromatic N) is 1. The topological polar surface area (TPSA) is 49.8 Å². The lowest BCUT2D eigenvalue weighted by molar-refractivity contribution is -0.110. The Morgan fingerprint density at radius 2 is 2.23 bits per heavy atom. The zero-order valence-electron chi connectivity index (χ0n) is 12.8. The molecule has 0 radical (unpaired) electrons. The maximum absolute atomic E-state index is 11.9. The first-order chi connectivity index (χ1) is 10.6. The van der Waals surface area contributed by atoms with Gasteiger partial charge in [0.15, 0.2) is 17.3 Å². The Kier molecular flexibility index (Phi) is 2.76. The van der Waals surface area contributed by atoms with Gasteiger partial charge in [-0.05, 0) is 55.8 Å². The number of fused-ring (bicyclic) bond motifs is 4. The van der Waals surface area contributed by atoms with E-state index in [1.54, 1.807) is 19.3 Å². The van der Waals surface area contributed by atoms with E-state index >= 15 is 0 Å². The number of ether oxygens (including phenoxy) is 1. The van der Waals surface area contributed by atoms with Gasteiger partial charge < -0.3 is 9.84 Å². The van der Waals surface area contributed by atoms with Crippen LogP contribution in [0.1, 0.15) is 30.0 Å². The second kappa shape index (κ2) is 4.46. The van der Waals surface area contributed by atoms with Gasteiger partial charge in [0.1, 0.15) is 0 Å². The van der Waals surface area contributed by atoms with E-state index in [1.165, 1.54) is 0 Å². The molecule has 1 N–H and O–H groups in total. The number of benzene rings is 1. The first kappa shape index (κ1) is 13.6. The molecule has 1 heterocycles. The third-order valence-corrected chi connectivity index (χ3v) is 5.41. The highest BCUT2D eigenvalue weighted by Gasteiger charge is 2.48. The highest BCUT2D eigenvalue weighted by atomic mass is 16.5. The molecule has 2 bridgehead atoms. The molecular formula is C18H19NO3. The highest BCUT2D eigenvalue weighted by Crippen LogP contribution is 2.60. The minimum atomic E-state index is -0.137. The average molecular weight is 297 g/mol. The number of carbonyl (C=O) groups is 1. The van der Waals surface area contributed by atoms with E-state index in [0.717, 1.165) is 36.1 Å². The van der Waals surface area contributed by atoms with Gasteiger partial charge in [-0.1, -0.05) is 12.1 Å². The summed E-state index contributed by atoms with van der Waals surface area (Å²) in [7, 11) is 3.67. The Hall–Kier alpha value is -2.07. The molecule has 1 aromatic carbocycles. The molecule has 1 aliphatic heterocycles. The summed E-state index contributed by atoms with van der Waals surface area (Å²) in [6.07, 6.45) is 7.34. The van der Waals surface area contributed by atoms with Gasteiger partial charge in [-0.2, -0.15) is 0 Å². The molecule has 22 heavy (non-hydrogen) atoms. The minimum absolute atomic E-state index is 0.00817. The van der Waals surface area contributed by atoms with Gasteiger partial charge in [0.2, 0.25) is 0 Å². The number of carbonyl (C=O) groups excluding carboxylic acids is 1. The first-order valence-corrected chi connectivity index (χ1v) is 7.61. The number of hydrogen-bond donors (Lipinski definition) is 1. The predicted molar refractivity (Wildman–Crippen MR) is 83.8 cm³/mol. The lowest BCUT2D eigenvalue weighted by Crippen LogP contribution is -2.44. The molecule has 1 spiro atoms. The molecule has 1 fully saturated rings. The lowest BCUT2D eigenvalue weighted by atomic mass is 9.60. The Balaban J connectivity index is 2.02. The van der Waals surface area contributed by atoms with Crippen LogP contribution < -0.4 is 4.74 Å². The number of aromatic hydroxyl groups is 1. The number of phenols is 1. The van der Waals surface area contributed by atoms with Crippen LogP contribution in [0.15, 0.2) is 30.4 Å². The van der Waals surface area contributed by atoms with Gasteiger partial charge >= 0.3 is 0 Å². The number of allylic oxidation sites excluding steroid dienone is 4. The number of likely N-dealkylation sites (tertiary alicyclic amines) is 1. The number of phenolic OH excluding ortho intramolecular Hbond substituents is 1. The number of ketones is 1. The second-order valence-electron chi connectivity index (χ2n) is 6.48. The molecule has 4 heteroatoms. The minimum Gasteiger partial charge on any atom is -0.504 e. The molecule has 0 unspecified atom stereocenters. The van der Waals surface area contributed by atoms with Crippen molar-refractivity contribution in [3.63, 3.8) is 0 Å². The van der Waals surface area contributed by atoms with E-state index in [2.05, 4.69) is 11.9 Å². The summed E-state index contributed by atoms with van der Waals surface area (Å²) in [4.78, 5) is 14.3. The fraction of sp³-hybridized carbons (Fsp3) is 0.389. The van der Waals surface area contributed by atoms with Crippen molar-refractivity contribution >= 4 is 11.4 Å². The second-order valence-corrected chi connectivity index (χ2v) is 6.48. The maximum atomic E-state index is 11.9. The van der Waals surface area contributed by atoms with Crippen LogP contribution in [0, 0.1) is 5.41 Å². The Morgan fingerprint density at radius 3 is 3.00 bits per heavy atom. The Labute approximate surface area is 129 Å². The van der Waals surface area contributed by atoms with E-state index in [1.807, 2.05) is 18.2 Å². The van der Waals surface area contributed by atoms with Gasteiger partial charge in [-0.3, -0.25) is 9.69 Å². The Bertz CT molecular complexity index is 734. The SMILES string of the molecule is COc1ccc2c(c1O)C1=CC(=O)C=C[C@]13CCN(C)[C@H]2C3. The number of hydrogen-bond acceptors (Lipinski definition) is 4. The van der Waals surface area contributed by atoms with Crippen LogP contribution in [0.4, 0.5) is 0 Å². The predicted octanol–water partition coefficient (Wildman–Crippen LogP) is 2.69. The molecule has 4 rings (SSSR count). The van der Waals surface area contributed by atoms with Crippen LogP contribution in [0.2, 0.25) is 0 Å². The molecule has 1 aromatic rings. The molecule has 2 aliphatic carbocycles. The highest BCUT2D eigenvalue weighted by molar-refractivity contribution is 6.08. The number of methoxy groups -OCH3 is 1. The van der Waals surface area contributed by atoms with Crippen molar-refractivity contribution in [2.45, 2.75) is 18.9 Å². The van der Waals surface area contributed by atoms with Crippen molar-refractivity contribution in [3.8, 4) is 11.5 Å². The summed E-state index contributed by atoms with van der Waals surface area (Å²) < 4.78 is 5.27. The van der Waals surface area contributed by atoms with Crippen molar-refractivity contribution in [1.29, 1.82) is 0 Å². The van der Waals surface area contributed by atoms with Crippen LogP contribution in [0.3, 0.4) is 0 Å². The summed E-state index contributed by atoms with van der Waals surface area (Å²) in [5.41, 5.74) is 2.70. The molecule has 2 atom stereocenters. The zero-order chi connectivity index (χ0) is 15.5. The van der Waals surface area contributed by atoms with E-state index in [4.69, 9.17) is 4.74 Å². The first-order valence-electron chi connectivity index (χ1n) is 7.61. The third-order valence-electron chi connectivity index (χ3n) is 5.41. The van der Waals surface area contributed by atoms with Crippen LogP contribution in [0.25, 0.3) is 5.57 Å². The fourth-order valence-corrected chi connectivity index (χ4v) is 4.18. The zero-order valence-corrected chi connectivity index (χ0v) is 12.8. The van der Waals surface area contributed by atoms with Crippen molar-refractivity contribution in [2.24, 2.45) is 5.41 Å². The molecule has 4 nitrogen and oxygen atoms in total. The molecule has 114 valence electrons. The van der Waals surface area contributed by atoms with Crippen LogP contribution in [-0.2, 0) is 4.79 Å². The van der Waals surface area contributed by atoms with Gasteiger partial charge in [0, 0.05) is 17.0 Å². The van der Waals surface area contributed by atoms with E-state index in [0.29, 0.717) is 5.75 Å². The van der Waals surface area contributed by atoms with Crippen molar-refractivity contribution in [1.82, 2.24) is 4.90 Å². The van der Waals surface area contributed by atoms with Gasteiger partial charge in [-0.25, -0.2) is 0 Å². The number of rotatable bonds is 1. The largest absolute Gasteiger partial charge is 0.504 e. The molecule has 1 saturated heterocycles. The fourth-order valence-electron chi connectivity index (χ4n) is 4.18. The maximum Gasteiger partial charge on any atom is 0.178 e. The average Bonchev–Trinajstić information content (AvgIpc) is 2.52. The van der Waals surface area contributed by atoms with Crippen LogP contribution in [-0.4, -0.2) is 36.5 Å². The molecule has 0 saturated carbocycles. The lowest BCUT2D eigenvalue weighted by Gasteiger charge is -2.51. The van der Waals surface area contributed by atoms with E-state index < -0.39 is 0 Å². The summed E-state index contributed by atoms with van der Waals surface area (Å²) in [5.74, 6) is 0.601. The van der Waals surface area contributed by atoms with Crippen molar-refractivity contribution in [3.05, 3.63) is 41.5 Å². The Morgan fingerprint density at radius 1 is 1.41 bits per heavy atom. The monoisotopic (exact) mass is 297 g/mol. The van der Waals surface area contributed by atoms with E-state index in [-0.39, 0.29) is 23.0 Å². The number of piperidine rings is 1. The van der Waals surface area contributed by atoms with Gasteiger partial charge in [0.05, 0.1) is 7.11 Å².